The Morgan fingerprint density at radius 1 is 1.23 bits per heavy atom. The first kappa shape index (κ1) is 15.6. The third-order valence-corrected chi connectivity index (χ3v) is 5.26. The van der Waals surface area contributed by atoms with E-state index in [-0.39, 0.29) is 0 Å². The fourth-order valence-electron chi connectivity index (χ4n) is 3.61. The van der Waals surface area contributed by atoms with E-state index in [4.69, 9.17) is 11.6 Å². The van der Waals surface area contributed by atoms with Crippen LogP contribution in [-0.2, 0) is 0 Å². The Bertz CT molecular complexity index is 560. The molecule has 0 radical (unpaired) electrons. The molecule has 1 unspecified atom stereocenters. The molecule has 2 aliphatic heterocycles. The average Bonchev–Trinajstić information content (AvgIpc) is 3.04. The predicted molar refractivity (Wildman–Crippen MR) is 90.5 cm³/mol. The summed E-state index contributed by atoms with van der Waals surface area (Å²) in [5, 5.41) is 10.0. The molecule has 0 aromatic heterocycles. The molecule has 5 heteroatoms. The van der Waals surface area contributed by atoms with Crippen LogP contribution in [0.4, 0.5) is 5.69 Å². The van der Waals surface area contributed by atoms with Crippen molar-refractivity contribution in [2.45, 2.75) is 19.4 Å². The number of piperazine rings is 1. The Morgan fingerprint density at radius 3 is 2.68 bits per heavy atom. The van der Waals surface area contributed by atoms with Crippen molar-refractivity contribution < 1.29 is 0 Å². The van der Waals surface area contributed by atoms with Crippen LogP contribution in [0.2, 0.25) is 5.02 Å². The third kappa shape index (κ3) is 3.08. The SMILES string of the molecule is CCN1CCN(C2CCN(c3c(Cl)cccc3C#N)C2)CC1. The maximum Gasteiger partial charge on any atom is 0.101 e. The molecule has 4 nitrogen and oxygen atoms in total. The van der Waals surface area contributed by atoms with Gasteiger partial charge in [-0.1, -0.05) is 24.6 Å². The van der Waals surface area contributed by atoms with Gasteiger partial charge in [-0.25, -0.2) is 0 Å². The first-order valence-electron chi connectivity index (χ1n) is 8.13. The highest BCUT2D eigenvalue weighted by Crippen LogP contribution is 2.33. The smallest absolute Gasteiger partial charge is 0.101 e. The number of nitrogens with zero attached hydrogens (tertiary/aromatic N) is 4. The molecule has 1 atom stereocenters. The van der Waals surface area contributed by atoms with Crippen LogP contribution in [-0.4, -0.2) is 61.7 Å². The molecular formula is C17H23ClN4. The van der Waals surface area contributed by atoms with Crippen molar-refractivity contribution in [2.75, 3.05) is 50.7 Å². The fraction of sp³-hybridized carbons (Fsp3) is 0.588. The molecule has 1 aromatic carbocycles. The van der Waals surface area contributed by atoms with Gasteiger partial charge in [-0.2, -0.15) is 5.26 Å². The molecule has 22 heavy (non-hydrogen) atoms. The normalized spacial score (nSPS) is 23.7. The van der Waals surface area contributed by atoms with E-state index in [1.54, 1.807) is 0 Å². The van der Waals surface area contributed by atoms with Crippen molar-refractivity contribution in [3.63, 3.8) is 0 Å². The van der Waals surface area contributed by atoms with E-state index in [2.05, 4.69) is 27.7 Å². The molecule has 2 saturated heterocycles. The minimum absolute atomic E-state index is 0.585. The summed E-state index contributed by atoms with van der Waals surface area (Å²) in [5.41, 5.74) is 1.60. The summed E-state index contributed by atoms with van der Waals surface area (Å²) in [7, 11) is 0. The van der Waals surface area contributed by atoms with Crippen LogP contribution >= 0.6 is 11.6 Å². The van der Waals surface area contributed by atoms with E-state index in [9.17, 15) is 5.26 Å². The van der Waals surface area contributed by atoms with E-state index in [1.807, 2.05) is 18.2 Å². The van der Waals surface area contributed by atoms with E-state index < -0.39 is 0 Å². The zero-order chi connectivity index (χ0) is 15.5. The van der Waals surface area contributed by atoms with Gasteiger partial charge in [0.25, 0.3) is 0 Å². The lowest BCUT2D eigenvalue weighted by Crippen LogP contribution is -2.50. The maximum atomic E-state index is 9.32. The molecular weight excluding hydrogens is 296 g/mol. The first-order valence-corrected chi connectivity index (χ1v) is 8.50. The molecule has 0 bridgehead atoms. The van der Waals surface area contributed by atoms with Crippen molar-refractivity contribution in [1.29, 1.82) is 5.26 Å². The number of anilines is 1. The second kappa shape index (κ2) is 6.87. The minimum atomic E-state index is 0.585. The number of para-hydroxylation sites is 1. The number of benzene rings is 1. The number of hydrogen-bond donors (Lipinski definition) is 0. The van der Waals surface area contributed by atoms with E-state index in [0.29, 0.717) is 16.6 Å². The Labute approximate surface area is 137 Å². The quantitative estimate of drug-likeness (QED) is 0.857. The Hall–Kier alpha value is -1.28. The highest BCUT2D eigenvalue weighted by molar-refractivity contribution is 6.33. The molecule has 2 aliphatic rings. The van der Waals surface area contributed by atoms with Gasteiger partial charge in [0.1, 0.15) is 6.07 Å². The molecule has 1 aromatic rings. The van der Waals surface area contributed by atoms with Crippen LogP contribution in [0.1, 0.15) is 18.9 Å². The summed E-state index contributed by atoms with van der Waals surface area (Å²) < 4.78 is 0. The summed E-state index contributed by atoms with van der Waals surface area (Å²) in [6.45, 7) is 9.98. The van der Waals surface area contributed by atoms with E-state index in [0.717, 1.165) is 44.8 Å². The molecule has 2 fully saturated rings. The topological polar surface area (TPSA) is 33.5 Å². The molecule has 0 spiro atoms. The molecule has 118 valence electrons. The Balaban J connectivity index is 1.67. The Morgan fingerprint density at radius 2 is 2.00 bits per heavy atom. The highest BCUT2D eigenvalue weighted by atomic mass is 35.5. The van der Waals surface area contributed by atoms with Gasteiger partial charge in [0.15, 0.2) is 0 Å². The monoisotopic (exact) mass is 318 g/mol. The van der Waals surface area contributed by atoms with Gasteiger partial charge in [0.2, 0.25) is 0 Å². The first-order chi connectivity index (χ1) is 10.7. The number of rotatable bonds is 3. The molecule has 0 amide bonds. The number of hydrogen-bond acceptors (Lipinski definition) is 4. The standard InChI is InChI=1S/C17H23ClN4/c1-2-20-8-10-21(11-9-20)15-6-7-22(13-15)17-14(12-19)4-3-5-16(17)18/h3-5,15H,2,6-11,13H2,1H3. The summed E-state index contributed by atoms with van der Waals surface area (Å²) in [6.07, 6.45) is 1.15. The largest absolute Gasteiger partial charge is 0.368 e. The highest BCUT2D eigenvalue weighted by Gasteiger charge is 2.31. The second-order valence-electron chi connectivity index (χ2n) is 6.11. The Kier molecular flexibility index (Phi) is 4.87. The molecule has 0 aliphatic carbocycles. The number of likely N-dealkylation sites (N-methyl/N-ethyl adjacent to an activating group) is 1. The van der Waals surface area contributed by atoms with Crippen LogP contribution in [0, 0.1) is 11.3 Å². The average molecular weight is 319 g/mol. The van der Waals surface area contributed by atoms with Crippen molar-refractivity contribution in [2.24, 2.45) is 0 Å². The van der Waals surface area contributed by atoms with E-state index >= 15 is 0 Å². The molecule has 2 heterocycles. The van der Waals surface area contributed by atoms with Crippen LogP contribution in [0.15, 0.2) is 18.2 Å². The lowest BCUT2D eigenvalue weighted by Gasteiger charge is -2.37. The summed E-state index contributed by atoms with van der Waals surface area (Å²) in [4.78, 5) is 7.40. The van der Waals surface area contributed by atoms with Crippen LogP contribution in [0.5, 0.6) is 0 Å². The summed E-state index contributed by atoms with van der Waals surface area (Å²) >= 11 is 6.35. The second-order valence-corrected chi connectivity index (χ2v) is 6.51. The lowest BCUT2D eigenvalue weighted by molar-refractivity contribution is 0.107. The predicted octanol–water partition coefficient (Wildman–Crippen LogP) is 2.43. The van der Waals surface area contributed by atoms with Gasteiger partial charge in [0, 0.05) is 45.3 Å². The minimum Gasteiger partial charge on any atom is -0.368 e. The van der Waals surface area contributed by atoms with E-state index in [1.165, 1.54) is 13.1 Å². The fourth-order valence-corrected chi connectivity index (χ4v) is 3.91. The van der Waals surface area contributed by atoms with Gasteiger partial charge >= 0.3 is 0 Å². The van der Waals surface area contributed by atoms with Crippen molar-refractivity contribution in [3.05, 3.63) is 28.8 Å². The van der Waals surface area contributed by atoms with Gasteiger partial charge in [0.05, 0.1) is 16.3 Å². The maximum absolute atomic E-state index is 9.32. The van der Waals surface area contributed by atoms with Crippen molar-refractivity contribution in [1.82, 2.24) is 9.80 Å². The molecule has 0 N–H and O–H groups in total. The summed E-state index contributed by atoms with van der Waals surface area (Å²) in [6, 6.07) is 8.44. The molecule has 3 rings (SSSR count). The zero-order valence-electron chi connectivity index (χ0n) is 13.1. The summed E-state index contributed by atoms with van der Waals surface area (Å²) in [5.74, 6) is 0. The van der Waals surface area contributed by atoms with Crippen LogP contribution < -0.4 is 4.90 Å². The van der Waals surface area contributed by atoms with Crippen molar-refractivity contribution in [3.8, 4) is 6.07 Å². The van der Waals surface area contributed by atoms with Gasteiger partial charge in [-0.3, -0.25) is 4.90 Å². The van der Waals surface area contributed by atoms with Crippen LogP contribution in [0.3, 0.4) is 0 Å². The van der Waals surface area contributed by atoms with Gasteiger partial charge in [-0.05, 0) is 25.1 Å². The third-order valence-electron chi connectivity index (χ3n) is 4.96. The van der Waals surface area contributed by atoms with Gasteiger partial charge < -0.3 is 9.80 Å². The number of nitriles is 1. The molecule has 0 saturated carbocycles. The number of halogens is 1. The lowest BCUT2D eigenvalue weighted by atomic mass is 10.1. The van der Waals surface area contributed by atoms with Crippen LogP contribution in [0.25, 0.3) is 0 Å². The van der Waals surface area contributed by atoms with Crippen molar-refractivity contribution >= 4 is 17.3 Å². The van der Waals surface area contributed by atoms with Gasteiger partial charge in [-0.15, -0.1) is 0 Å². The zero-order valence-corrected chi connectivity index (χ0v) is 13.9.